The summed E-state index contributed by atoms with van der Waals surface area (Å²) in [5.74, 6) is -0.728. The molecule has 1 heterocycles. The first-order valence-corrected chi connectivity index (χ1v) is 6.21. The number of hydrogen-bond acceptors (Lipinski definition) is 2. The lowest BCUT2D eigenvalue weighted by Gasteiger charge is -2.20. The summed E-state index contributed by atoms with van der Waals surface area (Å²) in [4.78, 5) is 12.9. The van der Waals surface area contributed by atoms with Crippen molar-refractivity contribution in [3.63, 3.8) is 0 Å². The summed E-state index contributed by atoms with van der Waals surface area (Å²) < 4.78 is 0. The molecule has 0 unspecified atom stereocenters. The van der Waals surface area contributed by atoms with Crippen LogP contribution in [0.5, 0.6) is 0 Å². The number of aryl methyl sites for hydroxylation is 2. The number of fused-ring (bicyclic) bond motifs is 1. The molecule has 1 aromatic rings. The summed E-state index contributed by atoms with van der Waals surface area (Å²) in [6, 6.07) is 6.39. The fraction of sp³-hybridized carbons (Fsp3) is 0.500. The minimum absolute atomic E-state index is 0.211. The molecule has 92 valence electrons. The number of carboxylic acids is 1. The summed E-state index contributed by atoms with van der Waals surface area (Å²) in [6.45, 7) is 1.09. The van der Waals surface area contributed by atoms with Gasteiger partial charge >= 0.3 is 5.97 Å². The van der Waals surface area contributed by atoms with Crippen molar-refractivity contribution in [1.29, 1.82) is 0 Å². The fourth-order valence-corrected chi connectivity index (χ4v) is 2.37. The van der Waals surface area contributed by atoms with E-state index >= 15 is 0 Å². The van der Waals surface area contributed by atoms with Crippen LogP contribution in [-0.4, -0.2) is 24.7 Å². The van der Waals surface area contributed by atoms with Crippen LogP contribution in [0.15, 0.2) is 18.2 Å². The highest BCUT2D eigenvalue weighted by Crippen LogP contribution is 2.26. The van der Waals surface area contributed by atoms with Gasteiger partial charge in [0.25, 0.3) is 0 Å². The van der Waals surface area contributed by atoms with E-state index in [0.717, 1.165) is 18.5 Å². The largest absolute Gasteiger partial charge is 0.481 e. The van der Waals surface area contributed by atoms with Crippen molar-refractivity contribution in [3.05, 3.63) is 29.3 Å². The highest BCUT2D eigenvalue weighted by molar-refractivity contribution is 5.67. The Kier molecular flexibility index (Phi) is 3.67. The van der Waals surface area contributed by atoms with E-state index < -0.39 is 5.97 Å². The molecule has 0 radical (unpaired) electrons. The number of rotatable bonds is 3. The molecule has 0 bridgehead atoms. The second-order valence-corrected chi connectivity index (χ2v) is 4.74. The Labute approximate surface area is 102 Å². The molecule has 2 rings (SSSR count). The highest BCUT2D eigenvalue weighted by atomic mass is 16.4. The van der Waals surface area contributed by atoms with Gasteiger partial charge in [-0.15, -0.1) is 0 Å². The smallest absolute Gasteiger partial charge is 0.303 e. The summed E-state index contributed by atoms with van der Waals surface area (Å²) >= 11 is 0. The van der Waals surface area contributed by atoms with Gasteiger partial charge in [0.1, 0.15) is 0 Å². The lowest BCUT2D eigenvalue weighted by Crippen LogP contribution is -2.17. The molecule has 1 aromatic carbocycles. The third kappa shape index (κ3) is 2.99. The van der Waals surface area contributed by atoms with Crippen molar-refractivity contribution in [3.8, 4) is 0 Å². The molecule has 0 saturated carbocycles. The van der Waals surface area contributed by atoms with Crippen molar-refractivity contribution in [2.75, 3.05) is 18.5 Å². The zero-order valence-corrected chi connectivity index (χ0v) is 10.3. The molecule has 0 spiro atoms. The maximum absolute atomic E-state index is 10.6. The Hall–Kier alpha value is -1.51. The Balaban J connectivity index is 2.19. The molecule has 0 fully saturated rings. The van der Waals surface area contributed by atoms with E-state index in [-0.39, 0.29) is 6.42 Å². The Morgan fingerprint density at radius 2 is 2.24 bits per heavy atom. The summed E-state index contributed by atoms with van der Waals surface area (Å²) in [5.41, 5.74) is 3.80. The molecular formula is C14H19NO2. The molecule has 1 N–H and O–H groups in total. The van der Waals surface area contributed by atoms with E-state index in [1.807, 2.05) is 0 Å². The van der Waals surface area contributed by atoms with Crippen molar-refractivity contribution < 1.29 is 9.90 Å². The second kappa shape index (κ2) is 5.21. The van der Waals surface area contributed by atoms with Crippen molar-refractivity contribution in [2.24, 2.45) is 0 Å². The molecule has 0 amide bonds. The van der Waals surface area contributed by atoms with Crippen molar-refractivity contribution in [2.45, 2.75) is 32.1 Å². The van der Waals surface area contributed by atoms with Crippen LogP contribution in [-0.2, 0) is 17.6 Å². The number of nitrogens with zero attached hydrogens (tertiary/aromatic N) is 1. The summed E-state index contributed by atoms with van der Waals surface area (Å²) in [5, 5.41) is 8.70. The van der Waals surface area contributed by atoms with E-state index in [1.165, 1.54) is 24.1 Å². The van der Waals surface area contributed by atoms with Crippen LogP contribution >= 0.6 is 0 Å². The number of hydrogen-bond donors (Lipinski definition) is 1. The third-order valence-corrected chi connectivity index (χ3v) is 3.38. The van der Waals surface area contributed by atoms with Crippen LogP contribution in [0.1, 0.15) is 30.4 Å². The number of carboxylic acid groups (broad SMARTS) is 1. The maximum Gasteiger partial charge on any atom is 0.303 e. The van der Waals surface area contributed by atoms with Gasteiger partial charge in [0, 0.05) is 25.7 Å². The number of anilines is 1. The zero-order valence-electron chi connectivity index (χ0n) is 10.3. The van der Waals surface area contributed by atoms with E-state index in [0.29, 0.717) is 6.42 Å². The van der Waals surface area contributed by atoms with Crippen LogP contribution in [0, 0.1) is 0 Å². The number of aliphatic carboxylic acids is 1. The van der Waals surface area contributed by atoms with Gasteiger partial charge in [-0.25, -0.2) is 0 Å². The van der Waals surface area contributed by atoms with Gasteiger partial charge < -0.3 is 10.0 Å². The third-order valence-electron chi connectivity index (χ3n) is 3.38. The molecule has 1 aliphatic rings. The first-order valence-electron chi connectivity index (χ1n) is 6.21. The molecule has 3 nitrogen and oxygen atoms in total. The number of benzene rings is 1. The average molecular weight is 233 g/mol. The predicted molar refractivity (Wildman–Crippen MR) is 68.6 cm³/mol. The summed E-state index contributed by atoms with van der Waals surface area (Å²) in [6.07, 6.45) is 4.44. The van der Waals surface area contributed by atoms with Crippen LogP contribution in [0.4, 0.5) is 5.69 Å². The monoisotopic (exact) mass is 233 g/mol. The second-order valence-electron chi connectivity index (χ2n) is 4.74. The van der Waals surface area contributed by atoms with E-state index in [1.54, 1.807) is 0 Å². The predicted octanol–water partition coefficient (Wildman–Crippen LogP) is 2.48. The van der Waals surface area contributed by atoms with Gasteiger partial charge in [-0.3, -0.25) is 4.79 Å². The molecule has 17 heavy (non-hydrogen) atoms. The van der Waals surface area contributed by atoms with E-state index in [9.17, 15) is 4.79 Å². The molecule has 0 aliphatic carbocycles. The van der Waals surface area contributed by atoms with Gasteiger partial charge in [0.2, 0.25) is 0 Å². The van der Waals surface area contributed by atoms with Gasteiger partial charge in [-0.1, -0.05) is 12.1 Å². The molecule has 1 aliphatic heterocycles. The molecule has 0 aromatic heterocycles. The van der Waals surface area contributed by atoms with Gasteiger partial charge in [0.05, 0.1) is 0 Å². The van der Waals surface area contributed by atoms with Gasteiger partial charge in [-0.2, -0.15) is 0 Å². The lowest BCUT2D eigenvalue weighted by atomic mass is 10.0. The number of carbonyl (C=O) groups is 1. The summed E-state index contributed by atoms with van der Waals surface area (Å²) in [7, 11) is 2.12. The van der Waals surface area contributed by atoms with Gasteiger partial charge in [0.15, 0.2) is 0 Å². The Bertz CT molecular complexity index is 415. The topological polar surface area (TPSA) is 40.5 Å². The van der Waals surface area contributed by atoms with Crippen LogP contribution in [0.3, 0.4) is 0 Å². The van der Waals surface area contributed by atoms with Crippen LogP contribution in [0.2, 0.25) is 0 Å². The standard InChI is InChI=1S/C14H19NO2/c1-15-9-3-2-4-12-7-5-11(10-13(12)15)6-8-14(16)17/h5,7,10H,2-4,6,8-9H2,1H3,(H,16,17). The zero-order chi connectivity index (χ0) is 12.3. The average Bonchev–Trinajstić information content (AvgIpc) is 2.49. The molecule has 0 atom stereocenters. The SMILES string of the molecule is CN1CCCCc2ccc(CCC(=O)O)cc21. The van der Waals surface area contributed by atoms with Gasteiger partial charge in [-0.05, 0) is 42.9 Å². The molecule has 3 heteroatoms. The van der Waals surface area contributed by atoms with Crippen molar-refractivity contribution in [1.82, 2.24) is 0 Å². The minimum atomic E-state index is -0.728. The normalized spacial score (nSPS) is 15.2. The fourth-order valence-electron chi connectivity index (χ4n) is 2.37. The quantitative estimate of drug-likeness (QED) is 0.872. The van der Waals surface area contributed by atoms with Crippen molar-refractivity contribution >= 4 is 11.7 Å². The lowest BCUT2D eigenvalue weighted by molar-refractivity contribution is -0.136. The van der Waals surface area contributed by atoms with Crippen LogP contribution < -0.4 is 4.90 Å². The molecule has 0 saturated heterocycles. The Morgan fingerprint density at radius 3 is 3.00 bits per heavy atom. The minimum Gasteiger partial charge on any atom is -0.481 e. The Morgan fingerprint density at radius 1 is 1.41 bits per heavy atom. The molecular weight excluding hydrogens is 214 g/mol. The van der Waals surface area contributed by atoms with Crippen LogP contribution in [0.25, 0.3) is 0 Å². The first kappa shape index (κ1) is 12.0. The first-order chi connectivity index (χ1) is 8.16. The maximum atomic E-state index is 10.6. The highest BCUT2D eigenvalue weighted by Gasteiger charge is 2.12. The van der Waals surface area contributed by atoms with E-state index in [2.05, 4.69) is 30.1 Å². The van der Waals surface area contributed by atoms with E-state index in [4.69, 9.17) is 5.11 Å².